The SMILES string of the molecule is Cc1cc(C)c2c(C#N)c(CCC(=O)Nc3ccc(O)c(O)c3)n(C3CCCc4ccccc43)c2n1. The fourth-order valence-corrected chi connectivity index (χ4v) is 5.45. The summed E-state index contributed by atoms with van der Waals surface area (Å²) in [7, 11) is 0. The van der Waals surface area contributed by atoms with Crippen LogP contribution in [0.5, 0.6) is 11.5 Å². The van der Waals surface area contributed by atoms with Crippen LogP contribution in [0.4, 0.5) is 5.69 Å². The van der Waals surface area contributed by atoms with E-state index in [0.29, 0.717) is 17.7 Å². The van der Waals surface area contributed by atoms with Gasteiger partial charge in [-0.1, -0.05) is 24.3 Å². The number of aromatic nitrogens is 2. The van der Waals surface area contributed by atoms with Gasteiger partial charge in [0, 0.05) is 34.9 Å². The van der Waals surface area contributed by atoms with E-state index in [2.05, 4.69) is 40.2 Å². The number of fused-ring (bicyclic) bond motifs is 2. The van der Waals surface area contributed by atoms with Gasteiger partial charge < -0.3 is 20.1 Å². The molecule has 7 heteroatoms. The number of phenols is 2. The standard InChI is InChI=1S/C29H28N4O3/c1-17-14-18(2)31-29-28(17)22(16-30)24(11-13-27(36)32-20-10-12-25(34)26(35)15-20)33(29)23-9-5-7-19-6-3-4-8-21(19)23/h3-4,6,8,10,12,14-15,23,34-35H,5,7,9,11,13H2,1-2H3,(H,32,36). The third kappa shape index (κ3) is 4.16. The van der Waals surface area contributed by atoms with E-state index in [4.69, 9.17) is 4.98 Å². The average Bonchev–Trinajstić information content (AvgIpc) is 3.17. The zero-order chi connectivity index (χ0) is 25.4. The summed E-state index contributed by atoms with van der Waals surface area (Å²) in [6.07, 6.45) is 3.52. The molecule has 1 aliphatic rings. The van der Waals surface area contributed by atoms with Gasteiger partial charge in [0.25, 0.3) is 0 Å². The molecule has 182 valence electrons. The number of anilines is 1. The van der Waals surface area contributed by atoms with Crippen molar-refractivity contribution in [2.45, 2.75) is 52.0 Å². The summed E-state index contributed by atoms with van der Waals surface area (Å²) in [5, 5.41) is 33.1. The second-order valence-corrected chi connectivity index (χ2v) is 9.44. The fraction of sp³-hybridized carbons (Fsp3) is 0.276. The molecule has 1 atom stereocenters. The van der Waals surface area contributed by atoms with Crippen molar-refractivity contribution in [3.63, 3.8) is 0 Å². The lowest BCUT2D eigenvalue weighted by molar-refractivity contribution is -0.116. The fourth-order valence-electron chi connectivity index (χ4n) is 5.45. The number of hydrogen-bond donors (Lipinski definition) is 3. The minimum Gasteiger partial charge on any atom is -0.504 e. The van der Waals surface area contributed by atoms with Gasteiger partial charge in [-0.3, -0.25) is 4.79 Å². The Balaban J connectivity index is 1.57. The molecule has 2 aromatic carbocycles. The molecular formula is C29H28N4O3. The maximum atomic E-state index is 12.8. The normalized spacial score (nSPS) is 14.9. The summed E-state index contributed by atoms with van der Waals surface area (Å²) >= 11 is 0. The van der Waals surface area contributed by atoms with E-state index in [1.807, 2.05) is 19.9 Å². The monoisotopic (exact) mass is 480 g/mol. The molecule has 0 spiro atoms. The van der Waals surface area contributed by atoms with Crippen LogP contribution in [0.3, 0.4) is 0 Å². The molecule has 1 aliphatic carbocycles. The van der Waals surface area contributed by atoms with Gasteiger partial charge in [0.05, 0.1) is 11.6 Å². The third-order valence-electron chi connectivity index (χ3n) is 6.99. The number of nitrogens with zero attached hydrogens (tertiary/aromatic N) is 3. The van der Waals surface area contributed by atoms with E-state index in [1.54, 1.807) is 0 Å². The van der Waals surface area contributed by atoms with E-state index in [1.165, 1.54) is 29.3 Å². The third-order valence-corrected chi connectivity index (χ3v) is 6.99. The highest BCUT2D eigenvalue weighted by molar-refractivity contribution is 5.92. The molecule has 1 amide bonds. The summed E-state index contributed by atoms with van der Waals surface area (Å²) in [6.45, 7) is 3.97. The van der Waals surface area contributed by atoms with Crippen LogP contribution in [0.25, 0.3) is 11.0 Å². The lowest BCUT2D eigenvalue weighted by Crippen LogP contribution is -2.21. The molecule has 3 N–H and O–H groups in total. The van der Waals surface area contributed by atoms with Crippen molar-refractivity contribution < 1.29 is 15.0 Å². The van der Waals surface area contributed by atoms with E-state index in [-0.39, 0.29) is 29.9 Å². The first-order valence-corrected chi connectivity index (χ1v) is 12.2. The Morgan fingerprint density at radius 1 is 1.17 bits per heavy atom. The second-order valence-electron chi connectivity index (χ2n) is 9.44. The van der Waals surface area contributed by atoms with Crippen LogP contribution >= 0.6 is 0 Å². The Bertz CT molecular complexity index is 1530. The summed E-state index contributed by atoms with van der Waals surface area (Å²) < 4.78 is 2.20. The van der Waals surface area contributed by atoms with Crippen LogP contribution in [0.1, 0.15) is 58.9 Å². The Kier molecular flexibility index (Phi) is 6.11. The number of aromatic hydroxyl groups is 2. The van der Waals surface area contributed by atoms with Gasteiger partial charge >= 0.3 is 0 Å². The lowest BCUT2D eigenvalue weighted by atomic mass is 9.87. The minimum absolute atomic E-state index is 0.0420. The van der Waals surface area contributed by atoms with Crippen LogP contribution in [0.15, 0.2) is 48.5 Å². The quantitative estimate of drug-likeness (QED) is 0.260. The molecule has 1 unspecified atom stereocenters. The Labute approximate surface area is 209 Å². The highest BCUT2D eigenvalue weighted by Gasteiger charge is 2.29. The number of benzene rings is 2. The number of pyridine rings is 1. The first-order valence-electron chi connectivity index (χ1n) is 12.2. The zero-order valence-electron chi connectivity index (χ0n) is 20.4. The molecular weight excluding hydrogens is 452 g/mol. The minimum atomic E-state index is -0.299. The average molecular weight is 481 g/mol. The maximum Gasteiger partial charge on any atom is 0.224 e. The van der Waals surface area contributed by atoms with Gasteiger partial charge in [-0.15, -0.1) is 0 Å². The predicted molar refractivity (Wildman–Crippen MR) is 138 cm³/mol. The van der Waals surface area contributed by atoms with Crippen LogP contribution < -0.4 is 5.32 Å². The molecule has 7 nitrogen and oxygen atoms in total. The second kappa shape index (κ2) is 9.38. The molecule has 2 aromatic heterocycles. The maximum absolute atomic E-state index is 12.8. The van der Waals surface area contributed by atoms with E-state index in [9.17, 15) is 20.3 Å². The molecule has 36 heavy (non-hydrogen) atoms. The zero-order valence-corrected chi connectivity index (χ0v) is 20.4. The van der Waals surface area contributed by atoms with Crippen molar-refractivity contribution in [1.82, 2.24) is 9.55 Å². The number of amides is 1. The Morgan fingerprint density at radius 2 is 1.97 bits per heavy atom. The van der Waals surface area contributed by atoms with Crippen molar-refractivity contribution in [3.8, 4) is 17.6 Å². The van der Waals surface area contributed by atoms with Crippen LogP contribution in [-0.2, 0) is 17.6 Å². The van der Waals surface area contributed by atoms with E-state index in [0.717, 1.165) is 47.2 Å². The first kappa shape index (κ1) is 23.4. The van der Waals surface area contributed by atoms with Gasteiger partial charge in [-0.2, -0.15) is 5.26 Å². The highest BCUT2D eigenvalue weighted by Crippen LogP contribution is 2.39. The van der Waals surface area contributed by atoms with Gasteiger partial charge in [0.1, 0.15) is 11.7 Å². The van der Waals surface area contributed by atoms with Crippen molar-refractivity contribution in [3.05, 3.63) is 82.2 Å². The van der Waals surface area contributed by atoms with Crippen molar-refractivity contribution >= 4 is 22.6 Å². The summed E-state index contributed by atoms with van der Waals surface area (Å²) in [5.41, 5.74) is 7.04. The number of phenolic OH excluding ortho intramolecular Hbond substituents is 2. The van der Waals surface area contributed by atoms with E-state index >= 15 is 0 Å². The van der Waals surface area contributed by atoms with E-state index < -0.39 is 0 Å². The topological polar surface area (TPSA) is 111 Å². The number of aryl methyl sites for hydroxylation is 3. The molecule has 0 fully saturated rings. The first-order chi connectivity index (χ1) is 17.4. The molecule has 0 radical (unpaired) electrons. The Hall–Kier alpha value is -4.31. The number of rotatable bonds is 5. The summed E-state index contributed by atoms with van der Waals surface area (Å²) in [5.74, 6) is -0.791. The van der Waals surface area contributed by atoms with Crippen LogP contribution in [0, 0.1) is 25.2 Å². The molecule has 0 saturated heterocycles. The largest absolute Gasteiger partial charge is 0.504 e. The molecule has 0 saturated carbocycles. The Morgan fingerprint density at radius 3 is 2.75 bits per heavy atom. The molecule has 5 rings (SSSR count). The molecule has 2 heterocycles. The molecule has 0 aliphatic heterocycles. The van der Waals surface area contributed by atoms with Crippen molar-refractivity contribution in [2.24, 2.45) is 0 Å². The van der Waals surface area contributed by atoms with Gasteiger partial charge in [-0.25, -0.2) is 4.98 Å². The number of nitrogens with one attached hydrogen (secondary N) is 1. The number of hydrogen-bond acceptors (Lipinski definition) is 5. The molecule has 0 bridgehead atoms. The highest BCUT2D eigenvalue weighted by atomic mass is 16.3. The molecule has 4 aromatic rings. The number of nitriles is 1. The number of carbonyl (C=O) groups is 1. The van der Waals surface area contributed by atoms with Gasteiger partial charge in [0.2, 0.25) is 5.91 Å². The van der Waals surface area contributed by atoms with Gasteiger partial charge in [0.15, 0.2) is 11.5 Å². The lowest BCUT2D eigenvalue weighted by Gasteiger charge is -2.29. The number of carbonyl (C=O) groups excluding carboxylic acids is 1. The van der Waals surface area contributed by atoms with Crippen molar-refractivity contribution in [2.75, 3.05) is 5.32 Å². The summed E-state index contributed by atoms with van der Waals surface area (Å²) in [4.78, 5) is 17.7. The smallest absolute Gasteiger partial charge is 0.224 e. The predicted octanol–water partition coefficient (Wildman–Crippen LogP) is 5.43. The van der Waals surface area contributed by atoms with Crippen LogP contribution in [-0.4, -0.2) is 25.7 Å². The van der Waals surface area contributed by atoms with Crippen molar-refractivity contribution in [1.29, 1.82) is 5.26 Å². The van der Waals surface area contributed by atoms with Crippen LogP contribution in [0.2, 0.25) is 0 Å². The summed E-state index contributed by atoms with van der Waals surface area (Å²) in [6, 6.07) is 17.1. The van der Waals surface area contributed by atoms with Gasteiger partial charge in [-0.05, 0) is 74.4 Å².